The predicted molar refractivity (Wildman–Crippen MR) is 106 cm³/mol. The van der Waals surface area contributed by atoms with E-state index in [0.717, 1.165) is 10.7 Å². The minimum absolute atomic E-state index is 0.0477. The third-order valence-electron chi connectivity index (χ3n) is 5.02. The van der Waals surface area contributed by atoms with Crippen LogP contribution in [0.25, 0.3) is 5.82 Å². The number of benzene rings is 1. The van der Waals surface area contributed by atoms with E-state index < -0.39 is 17.8 Å². The number of amides is 1. The first kappa shape index (κ1) is 21.5. The maximum absolute atomic E-state index is 13.6. The first-order valence-electron chi connectivity index (χ1n) is 9.75. The van der Waals surface area contributed by atoms with Gasteiger partial charge in [0.15, 0.2) is 11.6 Å². The van der Waals surface area contributed by atoms with E-state index in [1.54, 1.807) is 12.1 Å². The molecule has 1 N–H and O–H groups in total. The standard InChI is InChI=1S/C21H17F3N6O2/c22-21(23,24)17-11-16(14-6-8-32-9-7-14)29-30(17)19-5-4-18(27-28-19)26-20(31)15-3-1-2-13(10-15)12-25/h1-5,10-11,14H,6-9H2,(H,26,27,31). The lowest BCUT2D eigenvalue weighted by Gasteiger charge is -2.19. The minimum atomic E-state index is -4.63. The van der Waals surface area contributed by atoms with Crippen molar-refractivity contribution in [2.75, 3.05) is 18.5 Å². The number of carbonyl (C=O) groups is 1. The molecule has 1 saturated heterocycles. The predicted octanol–water partition coefficient (Wildman–Crippen LogP) is 3.70. The topological polar surface area (TPSA) is 106 Å². The fraction of sp³-hybridized carbons (Fsp3) is 0.286. The van der Waals surface area contributed by atoms with Crippen molar-refractivity contribution in [3.05, 3.63) is 65.0 Å². The summed E-state index contributed by atoms with van der Waals surface area (Å²) in [5.74, 6) is -0.727. The van der Waals surface area contributed by atoms with E-state index in [9.17, 15) is 18.0 Å². The Bertz CT molecular complexity index is 1160. The molecule has 0 aliphatic carbocycles. The van der Waals surface area contributed by atoms with E-state index in [0.29, 0.717) is 37.3 Å². The van der Waals surface area contributed by atoms with Crippen molar-refractivity contribution >= 4 is 11.7 Å². The Morgan fingerprint density at radius 2 is 1.94 bits per heavy atom. The molecular weight excluding hydrogens is 425 g/mol. The normalized spacial score (nSPS) is 14.7. The number of hydrogen-bond donors (Lipinski definition) is 1. The number of rotatable bonds is 4. The number of alkyl halides is 3. The molecule has 8 nitrogen and oxygen atoms in total. The first-order chi connectivity index (χ1) is 15.3. The summed E-state index contributed by atoms with van der Waals surface area (Å²) in [5, 5.41) is 23.2. The van der Waals surface area contributed by atoms with Crippen LogP contribution in [0.3, 0.4) is 0 Å². The van der Waals surface area contributed by atoms with Crippen molar-refractivity contribution in [2.45, 2.75) is 24.9 Å². The summed E-state index contributed by atoms with van der Waals surface area (Å²) >= 11 is 0. The maximum Gasteiger partial charge on any atom is 0.433 e. The number of nitrogens with one attached hydrogen (secondary N) is 1. The molecule has 1 aromatic carbocycles. The molecule has 1 aliphatic rings. The molecule has 32 heavy (non-hydrogen) atoms. The van der Waals surface area contributed by atoms with Crippen molar-refractivity contribution in [1.82, 2.24) is 20.0 Å². The van der Waals surface area contributed by atoms with E-state index in [1.807, 2.05) is 6.07 Å². The van der Waals surface area contributed by atoms with Gasteiger partial charge in [-0.3, -0.25) is 4.79 Å². The maximum atomic E-state index is 13.6. The van der Waals surface area contributed by atoms with Crippen LogP contribution in [0.5, 0.6) is 0 Å². The molecule has 1 amide bonds. The monoisotopic (exact) mass is 442 g/mol. The smallest absolute Gasteiger partial charge is 0.381 e. The van der Waals surface area contributed by atoms with Gasteiger partial charge in [0, 0.05) is 24.7 Å². The molecule has 0 saturated carbocycles. The molecule has 11 heteroatoms. The van der Waals surface area contributed by atoms with Gasteiger partial charge < -0.3 is 10.1 Å². The van der Waals surface area contributed by atoms with Gasteiger partial charge in [-0.05, 0) is 49.2 Å². The van der Waals surface area contributed by atoms with Crippen molar-refractivity contribution in [2.24, 2.45) is 0 Å². The van der Waals surface area contributed by atoms with Gasteiger partial charge in [0.25, 0.3) is 5.91 Å². The lowest BCUT2D eigenvalue weighted by Crippen LogP contribution is -2.17. The Kier molecular flexibility index (Phi) is 5.87. The third-order valence-corrected chi connectivity index (χ3v) is 5.02. The molecule has 0 unspecified atom stereocenters. The van der Waals surface area contributed by atoms with E-state index in [1.165, 1.54) is 24.3 Å². The van der Waals surface area contributed by atoms with Crippen LogP contribution >= 0.6 is 0 Å². The number of nitriles is 1. The number of ether oxygens (including phenoxy) is 1. The van der Waals surface area contributed by atoms with Crippen LogP contribution in [-0.2, 0) is 10.9 Å². The summed E-state index contributed by atoms with van der Waals surface area (Å²) in [6, 6.07) is 11.7. The number of anilines is 1. The van der Waals surface area contributed by atoms with Crippen molar-refractivity contribution in [3.8, 4) is 11.9 Å². The molecule has 0 bridgehead atoms. The number of aromatic nitrogens is 4. The average Bonchev–Trinajstić information content (AvgIpc) is 3.26. The lowest BCUT2D eigenvalue weighted by atomic mass is 9.96. The fourth-order valence-corrected chi connectivity index (χ4v) is 3.39. The number of carbonyl (C=O) groups excluding carboxylic acids is 1. The van der Waals surface area contributed by atoms with Crippen LogP contribution < -0.4 is 5.32 Å². The largest absolute Gasteiger partial charge is 0.433 e. The Morgan fingerprint density at radius 3 is 2.59 bits per heavy atom. The quantitative estimate of drug-likeness (QED) is 0.661. The van der Waals surface area contributed by atoms with Crippen LogP contribution in [0.2, 0.25) is 0 Å². The van der Waals surface area contributed by atoms with Crippen molar-refractivity contribution < 1.29 is 22.7 Å². The summed E-state index contributed by atoms with van der Waals surface area (Å²) in [6.07, 6.45) is -3.44. The van der Waals surface area contributed by atoms with Crippen LogP contribution in [0.15, 0.2) is 42.5 Å². The van der Waals surface area contributed by atoms with Gasteiger partial charge in [0.2, 0.25) is 0 Å². The van der Waals surface area contributed by atoms with E-state index in [4.69, 9.17) is 10.00 Å². The second-order valence-electron chi connectivity index (χ2n) is 7.17. The lowest BCUT2D eigenvalue weighted by molar-refractivity contribution is -0.142. The summed E-state index contributed by atoms with van der Waals surface area (Å²) in [7, 11) is 0. The van der Waals surface area contributed by atoms with Crippen LogP contribution in [-0.4, -0.2) is 39.1 Å². The molecular formula is C21H17F3N6O2. The van der Waals surface area contributed by atoms with E-state index >= 15 is 0 Å². The Balaban J connectivity index is 1.57. The SMILES string of the molecule is N#Cc1cccc(C(=O)Nc2ccc(-n3nc(C4CCOCC4)cc3C(F)(F)F)nn2)c1. The zero-order chi connectivity index (χ0) is 22.7. The second kappa shape index (κ2) is 8.76. The van der Waals surface area contributed by atoms with Gasteiger partial charge in [-0.2, -0.15) is 23.5 Å². The average molecular weight is 442 g/mol. The zero-order valence-corrected chi connectivity index (χ0v) is 16.6. The number of halogens is 3. The highest BCUT2D eigenvalue weighted by molar-refractivity contribution is 6.03. The Labute approximate surface area is 180 Å². The third kappa shape index (κ3) is 4.60. The fourth-order valence-electron chi connectivity index (χ4n) is 3.39. The zero-order valence-electron chi connectivity index (χ0n) is 16.6. The second-order valence-corrected chi connectivity index (χ2v) is 7.17. The molecule has 3 aromatic rings. The first-order valence-corrected chi connectivity index (χ1v) is 9.75. The van der Waals surface area contributed by atoms with Crippen LogP contribution in [0.1, 0.15) is 46.1 Å². The highest BCUT2D eigenvalue weighted by atomic mass is 19.4. The van der Waals surface area contributed by atoms with Gasteiger partial charge >= 0.3 is 6.18 Å². The Morgan fingerprint density at radius 1 is 1.16 bits per heavy atom. The van der Waals surface area contributed by atoms with Gasteiger partial charge in [0.05, 0.1) is 17.3 Å². The molecule has 3 heterocycles. The number of hydrogen-bond acceptors (Lipinski definition) is 6. The summed E-state index contributed by atoms with van der Waals surface area (Å²) in [4.78, 5) is 12.3. The van der Waals surface area contributed by atoms with Crippen LogP contribution in [0, 0.1) is 11.3 Å². The summed E-state index contributed by atoms with van der Waals surface area (Å²) in [6.45, 7) is 0.953. The number of nitrogens with zero attached hydrogens (tertiary/aromatic N) is 5. The molecule has 164 valence electrons. The van der Waals surface area contributed by atoms with E-state index in [2.05, 4.69) is 20.6 Å². The van der Waals surface area contributed by atoms with Gasteiger partial charge in [-0.15, -0.1) is 10.2 Å². The van der Waals surface area contributed by atoms with Gasteiger partial charge in [-0.1, -0.05) is 6.07 Å². The Hall–Kier alpha value is -3.78. The minimum Gasteiger partial charge on any atom is -0.381 e. The van der Waals surface area contributed by atoms with Gasteiger partial charge in [-0.25, -0.2) is 4.68 Å². The molecule has 1 aliphatic heterocycles. The summed E-state index contributed by atoms with van der Waals surface area (Å²) in [5.41, 5.74) is -0.0594. The molecule has 0 spiro atoms. The molecule has 4 rings (SSSR count). The van der Waals surface area contributed by atoms with Gasteiger partial charge in [0.1, 0.15) is 5.69 Å². The molecule has 2 aromatic heterocycles. The van der Waals surface area contributed by atoms with E-state index in [-0.39, 0.29) is 23.1 Å². The van der Waals surface area contributed by atoms with Crippen molar-refractivity contribution in [3.63, 3.8) is 0 Å². The highest BCUT2D eigenvalue weighted by Crippen LogP contribution is 2.35. The summed E-state index contributed by atoms with van der Waals surface area (Å²) < 4.78 is 46.8. The van der Waals surface area contributed by atoms with Crippen LogP contribution in [0.4, 0.5) is 19.0 Å². The van der Waals surface area contributed by atoms with Crippen molar-refractivity contribution in [1.29, 1.82) is 5.26 Å². The molecule has 0 atom stereocenters. The highest BCUT2D eigenvalue weighted by Gasteiger charge is 2.37. The molecule has 1 fully saturated rings. The molecule has 0 radical (unpaired) electrons.